The number of aromatic hydroxyl groups is 2. The Kier molecular flexibility index (Phi) is 3.06. The molecule has 0 aromatic heterocycles. The van der Waals surface area contributed by atoms with Gasteiger partial charge in [0.15, 0.2) is 0 Å². The Morgan fingerprint density at radius 2 is 2.21 bits per heavy atom. The Balaban J connectivity index is 2.80. The van der Waals surface area contributed by atoms with Crippen LogP contribution in [0.1, 0.15) is 12.5 Å². The van der Waals surface area contributed by atoms with Gasteiger partial charge in [0, 0.05) is 12.5 Å². The number of nitrogens with zero attached hydrogens (tertiary/aromatic N) is 1. The van der Waals surface area contributed by atoms with E-state index >= 15 is 0 Å². The van der Waals surface area contributed by atoms with Gasteiger partial charge < -0.3 is 10.2 Å². The standard InChI is InChI=1S/C9H10N2O3/c1-6(12)11-10-5-7-4-8(13)2-3-9(7)14/h2-5,13-14H,1H3,(H,11,12)/b10-5-. The molecule has 5 nitrogen and oxygen atoms in total. The second kappa shape index (κ2) is 4.27. The first kappa shape index (κ1) is 10.0. The van der Waals surface area contributed by atoms with Crippen LogP contribution >= 0.6 is 0 Å². The second-order valence-electron chi connectivity index (χ2n) is 2.67. The van der Waals surface area contributed by atoms with Crippen molar-refractivity contribution in [2.45, 2.75) is 6.92 Å². The Morgan fingerprint density at radius 3 is 2.86 bits per heavy atom. The highest BCUT2D eigenvalue weighted by Crippen LogP contribution is 2.19. The van der Waals surface area contributed by atoms with Crippen molar-refractivity contribution in [3.8, 4) is 11.5 Å². The molecule has 0 saturated carbocycles. The fourth-order valence-electron chi connectivity index (χ4n) is 0.838. The average Bonchev–Trinajstić information content (AvgIpc) is 2.10. The van der Waals surface area contributed by atoms with E-state index in [0.717, 1.165) is 0 Å². The van der Waals surface area contributed by atoms with Crippen LogP contribution in [0.4, 0.5) is 0 Å². The maximum Gasteiger partial charge on any atom is 0.236 e. The lowest BCUT2D eigenvalue weighted by Gasteiger charge is -1.98. The van der Waals surface area contributed by atoms with Crippen LogP contribution in [-0.2, 0) is 4.79 Å². The SMILES string of the molecule is CC(=O)N/N=C\c1cc(O)ccc1O. The van der Waals surface area contributed by atoms with Gasteiger partial charge in [-0.15, -0.1) is 0 Å². The highest BCUT2D eigenvalue weighted by molar-refractivity contribution is 5.85. The number of carbonyl (C=O) groups excluding carboxylic acids is 1. The maximum absolute atomic E-state index is 10.4. The van der Waals surface area contributed by atoms with Crippen LogP contribution in [0.5, 0.6) is 11.5 Å². The van der Waals surface area contributed by atoms with Crippen molar-refractivity contribution in [2.24, 2.45) is 5.10 Å². The van der Waals surface area contributed by atoms with E-state index in [1.165, 1.54) is 31.3 Å². The van der Waals surface area contributed by atoms with Gasteiger partial charge in [0.2, 0.25) is 5.91 Å². The third-order valence-corrected chi connectivity index (χ3v) is 1.44. The molecule has 0 heterocycles. The number of hydrogen-bond acceptors (Lipinski definition) is 4. The van der Waals surface area contributed by atoms with Gasteiger partial charge in [0.05, 0.1) is 6.21 Å². The van der Waals surface area contributed by atoms with Crippen molar-refractivity contribution in [1.82, 2.24) is 5.43 Å². The van der Waals surface area contributed by atoms with Crippen LogP contribution in [0, 0.1) is 0 Å². The Labute approximate surface area is 80.7 Å². The first-order valence-corrected chi connectivity index (χ1v) is 3.91. The number of phenols is 2. The third-order valence-electron chi connectivity index (χ3n) is 1.44. The van der Waals surface area contributed by atoms with Crippen molar-refractivity contribution in [2.75, 3.05) is 0 Å². The zero-order valence-corrected chi connectivity index (χ0v) is 7.56. The zero-order valence-electron chi connectivity index (χ0n) is 7.56. The molecule has 0 unspecified atom stereocenters. The molecule has 74 valence electrons. The number of benzene rings is 1. The zero-order chi connectivity index (χ0) is 10.6. The van der Waals surface area contributed by atoms with Crippen molar-refractivity contribution >= 4 is 12.1 Å². The minimum Gasteiger partial charge on any atom is -0.508 e. The minimum absolute atomic E-state index is 0.0168. The molecule has 0 saturated heterocycles. The summed E-state index contributed by atoms with van der Waals surface area (Å²) in [6.45, 7) is 1.32. The number of phenolic OH excluding ortho intramolecular Hbond substituents is 2. The highest BCUT2D eigenvalue weighted by Gasteiger charge is 1.98. The summed E-state index contributed by atoms with van der Waals surface area (Å²) in [5.74, 6) is -0.301. The third kappa shape index (κ3) is 2.78. The summed E-state index contributed by atoms with van der Waals surface area (Å²) in [6, 6.07) is 4.02. The van der Waals surface area contributed by atoms with E-state index in [0.29, 0.717) is 5.56 Å². The fourth-order valence-corrected chi connectivity index (χ4v) is 0.838. The van der Waals surface area contributed by atoms with Crippen LogP contribution < -0.4 is 5.43 Å². The topological polar surface area (TPSA) is 81.9 Å². The summed E-state index contributed by atoms with van der Waals surface area (Å²) in [7, 11) is 0. The van der Waals surface area contributed by atoms with Gasteiger partial charge in [-0.1, -0.05) is 0 Å². The highest BCUT2D eigenvalue weighted by atomic mass is 16.3. The summed E-state index contributed by atoms with van der Waals surface area (Å²) >= 11 is 0. The van der Waals surface area contributed by atoms with Gasteiger partial charge in [0.25, 0.3) is 0 Å². The molecule has 0 atom stereocenters. The molecule has 0 aliphatic heterocycles. The van der Waals surface area contributed by atoms with Crippen molar-refractivity contribution in [1.29, 1.82) is 0 Å². The van der Waals surface area contributed by atoms with Gasteiger partial charge in [-0.2, -0.15) is 5.10 Å². The maximum atomic E-state index is 10.4. The number of rotatable bonds is 2. The van der Waals surface area contributed by atoms with Crippen molar-refractivity contribution < 1.29 is 15.0 Å². The molecule has 0 bridgehead atoms. The second-order valence-corrected chi connectivity index (χ2v) is 2.67. The molecular formula is C9H10N2O3. The number of carbonyl (C=O) groups is 1. The molecule has 0 aliphatic rings. The lowest BCUT2D eigenvalue weighted by Crippen LogP contribution is -2.12. The normalized spacial score (nSPS) is 10.4. The average molecular weight is 194 g/mol. The van der Waals surface area contributed by atoms with Gasteiger partial charge in [-0.05, 0) is 18.2 Å². The van der Waals surface area contributed by atoms with Gasteiger partial charge >= 0.3 is 0 Å². The molecule has 1 aromatic carbocycles. The van der Waals surface area contributed by atoms with E-state index in [1.54, 1.807) is 0 Å². The first-order valence-electron chi connectivity index (χ1n) is 3.91. The summed E-state index contributed by atoms with van der Waals surface area (Å²) < 4.78 is 0. The smallest absolute Gasteiger partial charge is 0.236 e. The molecule has 0 spiro atoms. The molecule has 0 fully saturated rings. The van der Waals surface area contributed by atoms with E-state index in [9.17, 15) is 9.90 Å². The largest absolute Gasteiger partial charge is 0.508 e. The van der Waals surface area contributed by atoms with Crippen LogP contribution in [0.2, 0.25) is 0 Å². The van der Waals surface area contributed by atoms with Crippen LogP contribution in [0.15, 0.2) is 23.3 Å². The summed E-state index contributed by atoms with van der Waals surface area (Å²) in [5.41, 5.74) is 2.51. The molecule has 14 heavy (non-hydrogen) atoms. The molecule has 1 aromatic rings. The van der Waals surface area contributed by atoms with Crippen LogP contribution in [0.3, 0.4) is 0 Å². The van der Waals surface area contributed by atoms with E-state index < -0.39 is 0 Å². The lowest BCUT2D eigenvalue weighted by molar-refractivity contribution is -0.118. The summed E-state index contributed by atoms with van der Waals surface area (Å²) in [5, 5.41) is 21.9. The number of amides is 1. The summed E-state index contributed by atoms with van der Waals surface area (Å²) in [6.07, 6.45) is 1.25. The number of hydrazone groups is 1. The van der Waals surface area contributed by atoms with Crippen LogP contribution in [0.25, 0.3) is 0 Å². The Hall–Kier alpha value is -2.04. The van der Waals surface area contributed by atoms with E-state index in [1.807, 2.05) is 0 Å². The molecule has 3 N–H and O–H groups in total. The van der Waals surface area contributed by atoms with Crippen LogP contribution in [-0.4, -0.2) is 22.3 Å². The molecule has 0 aliphatic carbocycles. The van der Waals surface area contributed by atoms with E-state index in [4.69, 9.17) is 5.11 Å². The molecule has 5 heteroatoms. The van der Waals surface area contributed by atoms with Gasteiger partial charge in [-0.3, -0.25) is 4.79 Å². The first-order chi connectivity index (χ1) is 6.59. The quantitative estimate of drug-likeness (QED) is 0.365. The predicted molar refractivity (Wildman–Crippen MR) is 51.2 cm³/mol. The predicted octanol–water partition coefficient (Wildman–Crippen LogP) is 0.568. The van der Waals surface area contributed by atoms with Crippen molar-refractivity contribution in [3.63, 3.8) is 0 Å². The molecule has 0 radical (unpaired) electrons. The molecule has 1 rings (SSSR count). The Bertz CT molecular complexity index is 374. The number of nitrogens with one attached hydrogen (secondary N) is 1. The number of hydrogen-bond donors (Lipinski definition) is 3. The molecular weight excluding hydrogens is 184 g/mol. The Morgan fingerprint density at radius 1 is 1.50 bits per heavy atom. The molecule has 1 amide bonds. The fraction of sp³-hybridized carbons (Fsp3) is 0.111. The van der Waals surface area contributed by atoms with Gasteiger partial charge in [-0.25, -0.2) is 5.43 Å². The summed E-state index contributed by atoms with van der Waals surface area (Å²) in [4.78, 5) is 10.4. The van der Waals surface area contributed by atoms with Gasteiger partial charge in [0.1, 0.15) is 11.5 Å². The lowest BCUT2D eigenvalue weighted by atomic mass is 10.2. The monoisotopic (exact) mass is 194 g/mol. The van der Waals surface area contributed by atoms with E-state index in [2.05, 4.69) is 10.5 Å². The van der Waals surface area contributed by atoms with E-state index in [-0.39, 0.29) is 17.4 Å². The minimum atomic E-state index is -0.305. The van der Waals surface area contributed by atoms with Crippen molar-refractivity contribution in [3.05, 3.63) is 23.8 Å².